The molecule has 1 saturated heterocycles. The molecule has 0 saturated carbocycles. The monoisotopic (exact) mass is 280 g/mol. The first-order valence-corrected chi connectivity index (χ1v) is 6.98. The number of hydrogen-bond acceptors (Lipinski definition) is 3. The smallest absolute Gasteiger partial charge is 0.253 e. The zero-order chi connectivity index (χ0) is 14.5. The van der Waals surface area contributed by atoms with Crippen molar-refractivity contribution in [3.63, 3.8) is 0 Å². The maximum atomic E-state index is 13.7. The predicted octanol–water partition coefficient (Wildman–Crippen LogP) is 2.04. The summed E-state index contributed by atoms with van der Waals surface area (Å²) in [5.41, 5.74) is 5.95. The molecule has 2 N–H and O–H groups in total. The lowest BCUT2D eigenvalue weighted by atomic mass is 9.94. The molecule has 1 aromatic rings. The molecule has 20 heavy (non-hydrogen) atoms. The van der Waals surface area contributed by atoms with E-state index in [1.807, 2.05) is 0 Å². The fourth-order valence-electron chi connectivity index (χ4n) is 2.70. The van der Waals surface area contributed by atoms with Gasteiger partial charge in [0.25, 0.3) is 5.91 Å². The van der Waals surface area contributed by atoms with Crippen LogP contribution < -0.4 is 10.5 Å². The number of rotatable bonds is 4. The van der Waals surface area contributed by atoms with Crippen molar-refractivity contribution in [2.45, 2.75) is 19.3 Å². The van der Waals surface area contributed by atoms with Gasteiger partial charge in [-0.15, -0.1) is 0 Å². The van der Waals surface area contributed by atoms with Crippen molar-refractivity contribution in [2.24, 2.45) is 11.7 Å². The van der Waals surface area contributed by atoms with Gasteiger partial charge in [0.05, 0.1) is 7.11 Å². The Kier molecular flexibility index (Phi) is 4.95. The summed E-state index contributed by atoms with van der Waals surface area (Å²) in [6.07, 6.45) is 3.02. The Morgan fingerprint density at radius 2 is 2.35 bits per heavy atom. The Morgan fingerprint density at radius 3 is 3.00 bits per heavy atom. The van der Waals surface area contributed by atoms with Gasteiger partial charge in [-0.1, -0.05) is 0 Å². The van der Waals surface area contributed by atoms with Gasteiger partial charge < -0.3 is 15.4 Å². The average Bonchev–Trinajstić information content (AvgIpc) is 2.47. The van der Waals surface area contributed by atoms with Gasteiger partial charge in [0.15, 0.2) is 11.6 Å². The minimum Gasteiger partial charge on any atom is -0.494 e. The zero-order valence-electron chi connectivity index (χ0n) is 11.8. The van der Waals surface area contributed by atoms with Crippen LogP contribution in [0.4, 0.5) is 4.39 Å². The summed E-state index contributed by atoms with van der Waals surface area (Å²) in [7, 11) is 1.40. The molecule has 0 radical (unpaired) electrons. The largest absolute Gasteiger partial charge is 0.494 e. The summed E-state index contributed by atoms with van der Waals surface area (Å²) >= 11 is 0. The molecule has 4 nitrogen and oxygen atoms in total. The number of piperidine rings is 1. The Hall–Kier alpha value is -1.62. The molecule has 1 fully saturated rings. The van der Waals surface area contributed by atoms with Crippen LogP contribution in [-0.2, 0) is 0 Å². The number of hydrogen-bond donors (Lipinski definition) is 1. The van der Waals surface area contributed by atoms with E-state index in [1.54, 1.807) is 11.0 Å². The highest BCUT2D eigenvalue weighted by Gasteiger charge is 2.24. The highest BCUT2D eigenvalue weighted by atomic mass is 19.1. The molecule has 1 heterocycles. The van der Waals surface area contributed by atoms with Crippen molar-refractivity contribution in [3.05, 3.63) is 29.6 Å². The van der Waals surface area contributed by atoms with Crippen LogP contribution in [0.25, 0.3) is 0 Å². The molecule has 5 heteroatoms. The molecular formula is C15H21FN2O2. The van der Waals surface area contributed by atoms with Crippen molar-refractivity contribution >= 4 is 5.91 Å². The lowest BCUT2D eigenvalue weighted by Crippen LogP contribution is -2.40. The second-order valence-corrected chi connectivity index (χ2v) is 5.19. The fraction of sp³-hybridized carbons (Fsp3) is 0.533. The maximum absolute atomic E-state index is 13.7. The molecular weight excluding hydrogens is 259 g/mol. The molecule has 0 spiro atoms. The number of nitrogens with two attached hydrogens (primary N) is 1. The molecule has 1 aliphatic rings. The Labute approximate surface area is 118 Å². The predicted molar refractivity (Wildman–Crippen MR) is 75.3 cm³/mol. The van der Waals surface area contributed by atoms with E-state index in [0.29, 0.717) is 24.6 Å². The zero-order valence-corrected chi connectivity index (χ0v) is 11.8. The molecule has 0 aliphatic carbocycles. The van der Waals surface area contributed by atoms with Crippen LogP contribution in [0.2, 0.25) is 0 Å². The molecule has 1 unspecified atom stereocenters. The molecule has 1 amide bonds. The standard InChI is InChI=1S/C15H21FN2O2/c1-20-14-5-4-12(9-13(14)16)15(19)18-8-2-3-11(10-18)6-7-17/h4-5,9,11H,2-3,6-8,10,17H2,1H3. The molecule has 0 bridgehead atoms. The summed E-state index contributed by atoms with van der Waals surface area (Å²) in [6.45, 7) is 2.08. The number of likely N-dealkylation sites (tertiary alicyclic amines) is 1. The van der Waals surface area contributed by atoms with Crippen LogP contribution in [-0.4, -0.2) is 37.6 Å². The van der Waals surface area contributed by atoms with Gasteiger partial charge in [0.2, 0.25) is 0 Å². The summed E-state index contributed by atoms with van der Waals surface area (Å²) < 4.78 is 18.5. The van der Waals surface area contributed by atoms with Crippen LogP contribution in [0.15, 0.2) is 18.2 Å². The summed E-state index contributed by atoms with van der Waals surface area (Å²) in [4.78, 5) is 14.2. The van der Waals surface area contributed by atoms with Crippen LogP contribution in [0.5, 0.6) is 5.75 Å². The van der Waals surface area contributed by atoms with Crippen LogP contribution >= 0.6 is 0 Å². The Balaban J connectivity index is 2.08. The van der Waals surface area contributed by atoms with E-state index in [1.165, 1.54) is 19.2 Å². The molecule has 1 atom stereocenters. The van der Waals surface area contributed by atoms with Crippen molar-refractivity contribution in [1.29, 1.82) is 0 Å². The van der Waals surface area contributed by atoms with Crippen LogP contribution in [0.3, 0.4) is 0 Å². The van der Waals surface area contributed by atoms with Crippen LogP contribution in [0.1, 0.15) is 29.6 Å². The third kappa shape index (κ3) is 3.28. The minimum atomic E-state index is -0.506. The Morgan fingerprint density at radius 1 is 1.55 bits per heavy atom. The first-order chi connectivity index (χ1) is 9.65. The highest BCUT2D eigenvalue weighted by molar-refractivity contribution is 5.94. The van der Waals surface area contributed by atoms with Gasteiger partial charge in [-0.05, 0) is 49.9 Å². The number of carbonyl (C=O) groups is 1. The number of nitrogens with zero attached hydrogens (tertiary/aromatic N) is 1. The third-order valence-electron chi connectivity index (χ3n) is 3.78. The molecule has 110 valence electrons. The summed E-state index contributed by atoms with van der Waals surface area (Å²) in [5.74, 6) is -0.0101. The quantitative estimate of drug-likeness (QED) is 0.918. The van der Waals surface area contributed by atoms with E-state index < -0.39 is 5.82 Å². The van der Waals surface area contributed by atoms with E-state index in [9.17, 15) is 9.18 Å². The maximum Gasteiger partial charge on any atom is 0.253 e. The number of halogens is 1. The van der Waals surface area contributed by atoms with Gasteiger partial charge in [-0.25, -0.2) is 4.39 Å². The van der Waals surface area contributed by atoms with Gasteiger partial charge in [0, 0.05) is 18.7 Å². The highest BCUT2D eigenvalue weighted by Crippen LogP contribution is 2.23. The molecule has 1 aromatic carbocycles. The first kappa shape index (κ1) is 14.8. The molecule has 0 aromatic heterocycles. The Bertz CT molecular complexity index is 477. The first-order valence-electron chi connectivity index (χ1n) is 6.98. The van der Waals surface area contributed by atoms with E-state index in [-0.39, 0.29) is 11.7 Å². The van der Waals surface area contributed by atoms with Gasteiger partial charge >= 0.3 is 0 Å². The normalized spacial score (nSPS) is 18.9. The third-order valence-corrected chi connectivity index (χ3v) is 3.78. The van der Waals surface area contributed by atoms with E-state index in [0.717, 1.165) is 25.8 Å². The molecule has 1 aliphatic heterocycles. The van der Waals surface area contributed by atoms with Crippen molar-refractivity contribution in [1.82, 2.24) is 4.90 Å². The SMILES string of the molecule is COc1ccc(C(=O)N2CCCC(CCN)C2)cc1F. The van der Waals surface area contributed by atoms with E-state index >= 15 is 0 Å². The summed E-state index contributed by atoms with van der Waals surface area (Å²) in [5, 5.41) is 0. The topological polar surface area (TPSA) is 55.6 Å². The average molecular weight is 280 g/mol. The molecule has 2 rings (SSSR count). The fourth-order valence-corrected chi connectivity index (χ4v) is 2.70. The van der Waals surface area contributed by atoms with Crippen molar-refractivity contribution < 1.29 is 13.9 Å². The second kappa shape index (κ2) is 6.70. The number of methoxy groups -OCH3 is 1. The lowest BCUT2D eigenvalue weighted by molar-refractivity contribution is 0.0669. The number of ether oxygens (including phenoxy) is 1. The number of carbonyl (C=O) groups excluding carboxylic acids is 1. The van der Waals surface area contributed by atoms with E-state index in [2.05, 4.69) is 0 Å². The number of benzene rings is 1. The van der Waals surface area contributed by atoms with Gasteiger partial charge in [-0.2, -0.15) is 0 Å². The van der Waals surface area contributed by atoms with Gasteiger partial charge in [-0.3, -0.25) is 4.79 Å². The van der Waals surface area contributed by atoms with Crippen molar-refractivity contribution in [3.8, 4) is 5.75 Å². The van der Waals surface area contributed by atoms with E-state index in [4.69, 9.17) is 10.5 Å². The van der Waals surface area contributed by atoms with Crippen molar-refractivity contribution in [2.75, 3.05) is 26.7 Å². The minimum absolute atomic E-state index is 0.117. The summed E-state index contributed by atoms with van der Waals surface area (Å²) in [6, 6.07) is 4.34. The second-order valence-electron chi connectivity index (χ2n) is 5.19. The van der Waals surface area contributed by atoms with Crippen LogP contribution in [0, 0.1) is 11.7 Å². The van der Waals surface area contributed by atoms with Gasteiger partial charge in [0.1, 0.15) is 0 Å². The number of amides is 1. The lowest BCUT2D eigenvalue weighted by Gasteiger charge is -2.32.